The summed E-state index contributed by atoms with van der Waals surface area (Å²) in [4.78, 5) is 11.9. The topological polar surface area (TPSA) is 113 Å². The summed E-state index contributed by atoms with van der Waals surface area (Å²) in [5, 5.41) is 4.90. The molecule has 10 heteroatoms. The molecular weight excluding hydrogens is 354 g/mol. The van der Waals surface area contributed by atoms with Gasteiger partial charge in [-0.05, 0) is 32.1 Å². The average Bonchev–Trinajstić information content (AvgIpc) is 3.01. The molecule has 0 aromatic heterocycles. The SMILES string of the molecule is CS(=O)(=O)C1CCCC(NC(=O)NCCS(=O)(=O)N2CCCC2)C1. The van der Waals surface area contributed by atoms with Crippen LogP contribution in [0.4, 0.5) is 4.79 Å². The zero-order chi connectivity index (χ0) is 17.8. The predicted molar refractivity (Wildman–Crippen MR) is 92.0 cm³/mol. The second-order valence-corrected chi connectivity index (χ2v) is 11.1. The fourth-order valence-corrected chi connectivity index (χ4v) is 5.90. The van der Waals surface area contributed by atoms with Crippen LogP contribution in [0.1, 0.15) is 38.5 Å². The minimum absolute atomic E-state index is 0.0485. The first-order chi connectivity index (χ1) is 11.2. The van der Waals surface area contributed by atoms with E-state index in [1.807, 2.05) is 0 Å². The van der Waals surface area contributed by atoms with Gasteiger partial charge in [0.2, 0.25) is 10.0 Å². The van der Waals surface area contributed by atoms with Crippen molar-refractivity contribution in [1.29, 1.82) is 0 Å². The third kappa shape index (κ3) is 5.59. The minimum atomic E-state index is -3.31. The highest BCUT2D eigenvalue weighted by Gasteiger charge is 2.30. The summed E-state index contributed by atoms with van der Waals surface area (Å²) in [6, 6.07) is -0.626. The van der Waals surface area contributed by atoms with E-state index in [4.69, 9.17) is 0 Å². The smallest absolute Gasteiger partial charge is 0.315 e. The molecule has 2 unspecified atom stereocenters. The van der Waals surface area contributed by atoms with Crippen molar-refractivity contribution in [1.82, 2.24) is 14.9 Å². The molecule has 2 aliphatic rings. The van der Waals surface area contributed by atoms with Crippen LogP contribution in [-0.4, -0.2) is 70.1 Å². The number of carbonyl (C=O) groups excluding carboxylic acids is 1. The molecule has 8 nitrogen and oxygen atoms in total. The normalized spacial score (nSPS) is 26.2. The first-order valence-corrected chi connectivity index (χ1v) is 12.0. The number of urea groups is 1. The van der Waals surface area contributed by atoms with Crippen LogP contribution < -0.4 is 10.6 Å². The number of hydrogen-bond acceptors (Lipinski definition) is 5. The van der Waals surface area contributed by atoms with Gasteiger partial charge in [0.15, 0.2) is 0 Å². The number of sulfone groups is 1. The third-order valence-electron chi connectivity index (χ3n) is 4.67. The Bertz CT molecular complexity index is 641. The predicted octanol–water partition coefficient (Wildman–Crippen LogP) is 0.0670. The summed E-state index contributed by atoms with van der Waals surface area (Å²) in [7, 11) is -6.40. The molecule has 2 N–H and O–H groups in total. The summed E-state index contributed by atoms with van der Waals surface area (Å²) >= 11 is 0. The van der Waals surface area contributed by atoms with E-state index in [1.54, 1.807) is 0 Å². The van der Waals surface area contributed by atoms with Gasteiger partial charge in [-0.25, -0.2) is 25.9 Å². The highest BCUT2D eigenvalue weighted by atomic mass is 32.2. The molecule has 0 radical (unpaired) electrons. The van der Waals surface area contributed by atoms with Crippen molar-refractivity contribution in [2.75, 3.05) is 31.6 Å². The maximum atomic E-state index is 12.0. The molecule has 1 saturated heterocycles. The van der Waals surface area contributed by atoms with Gasteiger partial charge in [-0.2, -0.15) is 0 Å². The van der Waals surface area contributed by atoms with E-state index in [9.17, 15) is 21.6 Å². The Morgan fingerprint density at radius 3 is 2.38 bits per heavy atom. The molecule has 2 atom stereocenters. The molecule has 2 amide bonds. The van der Waals surface area contributed by atoms with Crippen LogP contribution >= 0.6 is 0 Å². The van der Waals surface area contributed by atoms with Crippen molar-refractivity contribution >= 4 is 25.9 Å². The average molecular weight is 382 g/mol. The fraction of sp³-hybridized carbons (Fsp3) is 0.929. The Balaban J connectivity index is 1.73. The van der Waals surface area contributed by atoms with E-state index >= 15 is 0 Å². The van der Waals surface area contributed by atoms with Crippen LogP contribution in [0.5, 0.6) is 0 Å². The zero-order valence-corrected chi connectivity index (χ0v) is 15.7. The van der Waals surface area contributed by atoms with Crippen LogP contribution in [-0.2, 0) is 19.9 Å². The Hall–Kier alpha value is -0.870. The number of hydrogen-bond donors (Lipinski definition) is 2. The molecule has 1 aliphatic heterocycles. The van der Waals surface area contributed by atoms with Crippen molar-refractivity contribution in [3.05, 3.63) is 0 Å². The first kappa shape index (κ1) is 19.5. The lowest BCUT2D eigenvalue weighted by Crippen LogP contribution is -2.47. The Kier molecular flexibility index (Phi) is 6.49. The second-order valence-electron chi connectivity index (χ2n) is 6.64. The van der Waals surface area contributed by atoms with Gasteiger partial charge in [0, 0.05) is 31.9 Å². The number of nitrogens with zero attached hydrogens (tertiary/aromatic N) is 1. The Morgan fingerprint density at radius 1 is 1.08 bits per heavy atom. The molecule has 1 saturated carbocycles. The maximum absolute atomic E-state index is 12.0. The summed E-state index contributed by atoms with van der Waals surface area (Å²) in [5.74, 6) is -0.114. The van der Waals surface area contributed by atoms with Gasteiger partial charge in [0.25, 0.3) is 0 Å². The van der Waals surface area contributed by atoms with Gasteiger partial charge in [0.1, 0.15) is 9.84 Å². The molecule has 0 spiro atoms. The molecule has 2 rings (SSSR count). The quantitative estimate of drug-likeness (QED) is 0.676. The molecular formula is C14H27N3O5S2. The van der Waals surface area contributed by atoms with Crippen molar-refractivity contribution in [2.45, 2.75) is 49.8 Å². The van der Waals surface area contributed by atoms with Gasteiger partial charge in [-0.1, -0.05) is 6.42 Å². The summed E-state index contributed by atoms with van der Waals surface area (Å²) in [6.45, 7) is 1.17. The van der Waals surface area contributed by atoms with Crippen LogP contribution in [0.15, 0.2) is 0 Å². The van der Waals surface area contributed by atoms with Gasteiger partial charge in [-0.15, -0.1) is 0 Å². The van der Waals surface area contributed by atoms with E-state index < -0.39 is 31.1 Å². The molecule has 2 fully saturated rings. The maximum Gasteiger partial charge on any atom is 0.315 e. The molecule has 140 valence electrons. The van der Waals surface area contributed by atoms with E-state index in [-0.39, 0.29) is 18.3 Å². The summed E-state index contributed by atoms with van der Waals surface area (Å²) < 4.78 is 48.8. The van der Waals surface area contributed by atoms with Gasteiger partial charge in [0.05, 0.1) is 11.0 Å². The first-order valence-electron chi connectivity index (χ1n) is 8.39. The number of carbonyl (C=O) groups is 1. The lowest BCUT2D eigenvalue weighted by molar-refractivity contribution is 0.233. The van der Waals surface area contributed by atoms with Crippen molar-refractivity contribution < 1.29 is 21.6 Å². The lowest BCUT2D eigenvalue weighted by atomic mass is 9.95. The molecule has 1 heterocycles. The van der Waals surface area contributed by atoms with Gasteiger partial charge < -0.3 is 10.6 Å². The van der Waals surface area contributed by atoms with E-state index in [1.165, 1.54) is 10.6 Å². The van der Waals surface area contributed by atoms with Crippen molar-refractivity contribution in [3.63, 3.8) is 0 Å². The van der Waals surface area contributed by atoms with Crippen LogP contribution in [0.2, 0.25) is 0 Å². The van der Waals surface area contributed by atoms with E-state index in [0.29, 0.717) is 25.9 Å². The Morgan fingerprint density at radius 2 is 1.75 bits per heavy atom. The van der Waals surface area contributed by atoms with E-state index in [2.05, 4.69) is 10.6 Å². The van der Waals surface area contributed by atoms with Crippen LogP contribution in [0.25, 0.3) is 0 Å². The number of nitrogens with one attached hydrogen (secondary N) is 2. The fourth-order valence-electron chi connectivity index (χ4n) is 3.29. The van der Waals surface area contributed by atoms with Crippen molar-refractivity contribution in [3.8, 4) is 0 Å². The standard InChI is InChI=1S/C14H27N3O5S2/c1-23(19,20)13-6-4-5-12(11-13)16-14(18)15-7-10-24(21,22)17-8-2-3-9-17/h12-13H,2-11H2,1H3,(H2,15,16,18). The van der Waals surface area contributed by atoms with Gasteiger partial charge in [-0.3, -0.25) is 0 Å². The minimum Gasteiger partial charge on any atom is -0.337 e. The molecule has 0 bridgehead atoms. The molecule has 0 aromatic rings. The van der Waals surface area contributed by atoms with Crippen LogP contribution in [0, 0.1) is 0 Å². The van der Waals surface area contributed by atoms with Crippen molar-refractivity contribution in [2.24, 2.45) is 0 Å². The van der Waals surface area contributed by atoms with E-state index in [0.717, 1.165) is 25.7 Å². The largest absolute Gasteiger partial charge is 0.337 e. The molecule has 24 heavy (non-hydrogen) atoms. The second kappa shape index (κ2) is 8.01. The summed E-state index contributed by atoms with van der Waals surface area (Å²) in [6.07, 6.45) is 5.54. The van der Waals surface area contributed by atoms with Crippen LogP contribution in [0.3, 0.4) is 0 Å². The third-order valence-corrected chi connectivity index (χ3v) is 8.18. The molecule has 1 aliphatic carbocycles. The lowest BCUT2D eigenvalue weighted by Gasteiger charge is -2.28. The molecule has 0 aromatic carbocycles. The monoisotopic (exact) mass is 381 g/mol. The highest BCUT2D eigenvalue weighted by Crippen LogP contribution is 2.23. The highest BCUT2D eigenvalue weighted by molar-refractivity contribution is 7.91. The number of sulfonamides is 1. The Labute approximate surface area is 144 Å². The van der Waals surface area contributed by atoms with Gasteiger partial charge >= 0.3 is 6.03 Å². The zero-order valence-electron chi connectivity index (χ0n) is 14.0. The summed E-state index contributed by atoms with van der Waals surface area (Å²) in [5.41, 5.74) is 0. The number of amides is 2. The number of rotatable bonds is 6.